The van der Waals surface area contributed by atoms with Gasteiger partial charge in [0.1, 0.15) is 11.7 Å². The number of hydrogen-bond acceptors (Lipinski definition) is 3. The molecule has 1 aliphatic heterocycles. The first-order chi connectivity index (χ1) is 11.6. The van der Waals surface area contributed by atoms with Crippen LogP contribution in [-0.4, -0.2) is 24.9 Å². The molecule has 1 saturated heterocycles. The number of amides is 2. The second-order valence-corrected chi connectivity index (χ2v) is 6.99. The molecule has 1 atom stereocenters. The van der Waals surface area contributed by atoms with Crippen molar-refractivity contribution in [2.75, 3.05) is 18.0 Å². The van der Waals surface area contributed by atoms with Gasteiger partial charge < -0.3 is 10.2 Å². The van der Waals surface area contributed by atoms with Gasteiger partial charge in [-0.15, -0.1) is 11.3 Å². The summed E-state index contributed by atoms with van der Waals surface area (Å²) in [5.74, 6) is -1.76. The maximum absolute atomic E-state index is 13.2. The van der Waals surface area contributed by atoms with Crippen molar-refractivity contribution in [3.05, 3.63) is 51.4 Å². The van der Waals surface area contributed by atoms with Crippen molar-refractivity contribution in [3.8, 4) is 0 Å². The number of hydrogen-bond donors (Lipinski definition) is 1. The summed E-state index contributed by atoms with van der Waals surface area (Å²) in [6.07, 6.45) is 1.19. The number of halogens is 2. The average molecular weight is 367 g/mol. The molecule has 1 fully saturated rings. The Labute approximate surface area is 148 Å². The molecule has 0 radical (unpaired) electrons. The fourth-order valence-electron chi connectivity index (χ4n) is 2.72. The predicted molar refractivity (Wildman–Crippen MR) is 92.9 cm³/mol. The van der Waals surface area contributed by atoms with Gasteiger partial charge in [0.2, 0.25) is 11.8 Å². The average Bonchev–Trinajstić information content (AvgIpc) is 3.20. The Bertz CT molecular complexity index is 751. The van der Waals surface area contributed by atoms with Crippen molar-refractivity contribution in [2.24, 2.45) is 5.92 Å². The number of carbonyl (C=O) groups is 2. The first kappa shape index (κ1) is 16.9. The third kappa shape index (κ3) is 3.60. The quantitative estimate of drug-likeness (QED) is 0.826. The molecular formula is C17H16ClFN2O2S. The Morgan fingerprint density at radius 1 is 1.42 bits per heavy atom. The summed E-state index contributed by atoms with van der Waals surface area (Å²) < 4.78 is 13.2. The van der Waals surface area contributed by atoms with Crippen LogP contribution in [0.25, 0.3) is 0 Å². The lowest BCUT2D eigenvalue weighted by Gasteiger charge is -2.17. The summed E-state index contributed by atoms with van der Waals surface area (Å²) >= 11 is 7.40. The van der Waals surface area contributed by atoms with E-state index in [4.69, 9.17) is 11.6 Å². The zero-order chi connectivity index (χ0) is 17.1. The fraction of sp³-hybridized carbons (Fsp3) is 0.294. The van der Waals surface area contributed by atoms with Gasteiger partial charge in [-0.2, -0.15) is 0 Å². The highest BCUT2D eigenvalue weighted by Crippen LogP contribution is 2.28. The van der Waals surface area contributed by atoms with Crippen molar-refractivity contribution in [2.45, 2.75) is 12.8 Å². The van der Waals surface area contributed by atoms with E-state index in [-0.39, 0.29) is 16.8 Å². The number of nitrogens with zero attached hydrogens (tertiary/aromatic N) is 1. The topological polar surface area (TPSA) is 49.4 Å². The van der Waals surface area contributed by atoms with E-state index < -0.39 is 11.7 Å². The van der Waals surface area contributed by atoms with E-state index in [0.717, 1.165) is 6.42 Å². The summed E-state index contributed by atoms with van der Waals surface area (Å²) in [5.41, 5.74) is 0.514. The van der Waals surface area contributed by atoms with Crippen LogP contribution in [0.1, 0.15) is 11.3 Å². The Kier molecular flexibility index (Phi) is 5.16. The summed E-state index contributed by atoms with van der Waals surface area (Å²) in [5, 5.41) is 4.77. The SMILES string of the molecule is O=C(NCCc1cccs1)C1CCN(c2ccc(F)c(Cl)c2)C1=O. The van der Waals surface area contributed by atoms with E-state index in [0.29, 0.717) is 25.2 Å². The summed E-state index contributed by atoms with van der Waals surface area (Å²) in [4.78, 5) is 27.4. The van der Waals surface area contributed by atoms with Gasteiger partial charge in [-0.1, -0.05) is 17.7 Å². The molecule has 1 unspecified atom stereocenters. The van der Waals surface area contributed by atoms with Crippen LogP contribution in [0, 0.1) is 11.7 Å². The molecule has 0 bridgehead atoms. The maximum Gasteiger partial charge on any atom is 0.239 e. The fourth-order valence-corrected chi connectivity index (χ4v) is 3.60. The van der Waals surface area contributed by atoms with Crippen molar-refractivity contribution in [1.82, 2.24) is 5.32 Å². The van der Waals surface area contributed by atoms with Crippen LogP contribution in [-0.2, 0) is 16.0 Å². The molecular weight excluding hydrogens is 351 g/mol. The minimum Gasteiger partial charge on any atom is -0.355 e. The number of thiophene rings is 1. The highest BCUT2D eigenvalue weighted by Gasteiger charge is 2.37. The Morgan fingerprint density at radius 3 is 2.96 bits per heavy atom. The second kappa shape index (κ2) is 7.32. The molecule has 2 amide bonds. The van der Waals surface area contributed by atoms with Crippen molar-refractivity contribution in [1.29, 1.82) is 0 Å². The van der Waals surface area contributed by atoms with Crippen LogP contribution >= 0.6 is 22.9 Å². The lowest BCUT2D eigenvalue weighted by Crippen LogP contribution is -2.37. The smallest absolute Gasteiger partial charge is 0.239 e. The third-order valence-electron chi connectivity index (χ3n) is 3.99. The molecule has 1 aromatic heterocycles. The molecule has 7 heteroatoms. The Morgan fingerprint density at radius 2 is 2.25 bits per heavy atom. The summed E-state index contributed by atoms with van der Waals surface area (Å²) in [6, 6.07) is 8.10. The minimum absolute atomic E-state index is 0.0378. The van der Waals surface area contributed by atoms with E-state index in [1.54, 1.807) is 11.3 Å². The third-order valence-corrected chi connectivity index (χ3v) is 5.21. The number of anilines is 1. The Balaban J connectivity index is 1.58. The van der Waals surface area contributed by atoms with E-state index in [9.17, 15) is 14.0 Å². The second-order valence-electron chi connectivity index (χ2n) is 5.55. The highest BCUT2D eigenvalue weighted by atomic mass is 35.5. The van der Waals surface area contributed by atoms with Crippen molar-refractivity contribution < 1.29 is 14.0 Å². The van der Waals surface area contributed by atoms with Gasteiger partial charge >= 0.3 is 0 Å². The van der Waals surface area contributed by atoms with E-state index >= 15 is 0 Å². The first-order valence-electron chi connectivity index (χ1n) is 7.63. The first-order valence-corrected chi connectivity index (χ1v) is 8.88. The minimum atomic E-state index is -0.697. The van der Waals surface area contributed by atoms with E-state index in [1.807, 2.05) is 17.5 Å². The highest BCUT2D eigenvalue weighted by molar-refractivity contribution is 7.09. The normalized spacial score (nSPS) is 17.3. The molecule has 1 aromatic carbocycles. The van der Waals surface area contributed by atoms with E-state index in [1.165, 1.54) is 28.0 Å². The monoisotopic (exact) mass is 366 g/mol. The maximum atomic E-state index is 13.2. The van der Waals surface area contributed by atoms with Gasteiger partial charge in [-0.05, 0) is 42.5 Å². The molecule has 0 aliphatic carbocycles. The lowest BCUT2D eigenvalue weighted by atomic mass is 10.1. The molecule has 0 saturated carbocycles. The van der Waals surface area contributed by atoms with Crippen molar-refractivity contribution in [3.63, 3.8) is 0 Å². The Hall–Kier alpha value is -1.92. The van der Waals surface area contributed by atoms with Crippen LogP contribution in [0.15, 0.2) is 35.7 Å². The molecule has 1 N–H and O–H groups in total. The summed E-state index contributed by atoms with van der Waals surface area (Å²) in [7, 11) is 0. The predicted octanol–water partition coefficient (Wildman–Crippen LogP) is 3.25. The van der Waals surface area contributed by atoms with Gasteiger partial charge in [0, 0.05) is 23.7 Å². The number of carbonyl (C=O) groups excluding carboxylic acids is 2. The zero-order valence-corrected chi connectivity index (χ0v) is 14.4. The molecule has 1 aliphatic rings. The lowest BCUT2D eigenvalue weighted by molar-refractivity contribution is -0.132. The van der Waals surface area contributed by atoms with Crippen LogP contribution in [0.4, 0.5) is 10.1 Å². The van der Waals surface area contributed by atoms with Crippen LogP contribution < -0.4 is 10.2 Å². The molecule has 4 nitrogen and oxygen atoms in total. The molecule has 3 rings (SSSR count). The van der Waals surface area contributed by atoms with Gasteiger partial charge in [0.15, 0.2) is 0 Å². The number of nitrogens with one attached hydrogen (secondary N) is 1. The number of rotatable bonds is 5. The number of benzene rings is 1. The van der Waals surface area contributed by atoms with Gasteiger partial charge in [0.25, 0.3) is 0 Å². The van der Waals surface area contributed by atoms with Gasteiger partial charge in [-0.25, -0.2) is 4.39 Å². The van der Waals surface area contributed by atoms with Gasteiger partial charge in [0.05, 0.1) is 5.02 Å². The van der Waals surface area contributed by atoms with Crippen molar-refractivity contribution >= 4 is 40.4 Å². The molecule has 0 spiro atoms. The molecule has 2 aromatic rings. The van der Waals surface area contributed by atoms with E-state index in [2.05, 4.69) is 5.32 Å². The van der Waals surface area contributed by atoms with Crippen LogP contribution in [0.3, 0.4) is 0 Å². The van der Waals surface area contributed by atoms with Crippen LogP contribution in [0.5, 0.6) is 0 Å². The largest absolute Gasteiger partial charge is 0.355 e. The standard InChI is InChI=1S/C17H16ClFN2O2S/c18-14-10-11(3-4-15(14)19)21-8-6-13(17(21)23)16(22)20-7-5-12-2-1-9-24-12/h1-4,9-10,13H,5-8H2,(H,20,22). The molecule has 24 heavy (non-hydrogen) atoms. The summed E-state index contributed by atoms with van der Waals surface area (Å²) in [6.45, 7) is 0.926. The molecule has 126 valence electrons. The van der Waals surface area contributed by atoms with Gasteiger partial charge in [-0.3, -0.25) is 9.59 Å². The molecule has 2 heterocycles. The van der Waals surface area contributed by atoms with Crippen LogP contribution in [0.2, 0.25) is 5.02 Å². The zero-order valence-electron chi connectivity index (χ0n) is 12.8.